The Balaban J connectivity index is 2.60. The molecular weight excluding hydrogens is 258 g/mol. The lowest BCUT2D eigenvalue weighted by Crippen LogP contribution is -2.09. The van der Waals surface area contributed by atoms with E-state index in [9.17, 15) is 10.1 Å². The third-order valence-electron chi connectivity index (χ3n) is 2.72. The number of nitro groups is 1. The van der Waals surface area contributed by atoms with Crippen molar-refractivity contribution in [1.29, 1.82) is 0 Å². The molecule has 1 aromatic rings. The van der Waals surface area contributed by atoms with Crippen LogP contribution >= 0.6 is 0 Å². The summed E-state index contributed by atoms with van der Waals surface area (Å²) in [6.45, 7) is 6.70. The third kappa shape index (κ3) is 5.05. The summed E-state index contributed by atoms with van der Waals surface area (Å²) in [7, 11) is 0. The van der Waals surface area contributed by atoms with Crippen LogP contribution in [0.2, 0.25) is 0 Å². The van der Waals surface area contributed by atoms with Gasteiger partial charge < -0.3 is 15.4 Å². The van der Waals surface area contributed by atoms with E-state index in [-0.39, 0.29) is 10.6 Å². The molecule has 0 saturated carbocycles. The van der Waals surface area contributed by atoms with E-state index in [4.69, 9.17) is 4.74 Å². The number of benzene rings is 1. The fourth-order valence-electron chi connectivity index (χ4n) is 1.86. The number of rotatable bonds is 10. The molecule has 0 bridgehead atoms. The third-order valence-corrected chi connectivity index (χ3v) is 2.72. The van der Waals surface area contributed by atoms with Crippen LogP contribution in [0, 0.1) is 10.1 Å². The van der Waals surface area contributed by atoms with E-state index < -0.39 is 0 Å². The molecule has 0 unspecified atom stereocenters. The molecule has 0 saturated heterocycles. The van der Waals surface area contributed by atoms with Gasteiger partial charge in [-0.15, -0.1) is 0 Å². The number of para-hydroxylation sites is 1. The second-order valence-electron chi connectivity index (χ2n) is 4.38. The molecule has 1 aromatic carbocycles. The fraction of sp³-hybridized carbons (Fsp3) is 0.571. The largest absolute Gasteiger partial charge is 0.381 e. The Morgan fingerprint density at radius 3 is 2.50 bits per heavy atom. The molecular formula is C14H23N3O3. The molecule has 6 heteroatoms. The van der Waals surface area contributed by atoms with Gasteiger partial charge in [0.05, 0.1) is 4.92 Å². The van der Waals surface area contributed by atoms with Crippen molar-refractivity contribution in [3.63, 3.8) is 0 Å². The number of hydrogen-bond donors (Lipinski definition) is 2. The zero-order valence-corrected chi connectivity index (χ0v) is 12.1. The molecule has 0 radical (unpaired) electrons. The van der Waals surface area contributed by atoms with Crippen molar-refractivity contribution >= 4 is 17.1 Å². The molecule has 6 nitrogen and oxygen atoms in total. The van der Waals surface area contributed by atoms with Crippen LogP contribution in [0.3, 0.4) is 0 Å². The van der Waals surface area contributed by atoms with Crippen molar-refractivity contribution < 1.29 is 9.66 Å². The Bertz CT molecular complexity index is 424. The minimum absolute atomic E-state index is 0.101. The first kappa shape index (κ1) is 16.2. The molecule has 0 aliphatic carbocycles. The van der Waals surface area contributed by atoms with Crippen LogP contribution in [-0.2, 0) is 4.74 Å². The minimum Gasteiger partial charge on any atom is -0.381 e. The summed E-state index contributed by atoms with van der Waals surface area (Å²) in [5.74, 6) is 0. The van der Waals surface area contributed by atoms with Crippen molar-refractivity contribution in [3.05, 3.63) is 28.3 Å². The SMILES string of the molecule is CCCOCCCNc1cccc(NCC)c1[N+](=O)[O-]. The van der Waals surface area contributed by atoms with Gasteiger partial charge in [0.2, 0.25) is 0 Å². The second kappa shape index (κ2) is 9.14. The maximum atomic E-state index is 11.2. The van der Waals surface area contributed by atoms with Crippen molar-refractivity contribution in [3.8, 4) is 0 Å². The van der Waals surface area contributed by atoms with E-state index in [1.807, 2.05) is 6.92 Å². The number of nitrogens with one attached hydrogen (secondary N) is 2. The lowest BCUT2D eigenvalue weighted by Gasteiger charge is -2.11. The first-order valence-electron chi connectivity index (χ1n) is 7.03. The number of anilines is 2. The van der Waals surface area contributed by atoms with Crippen LogP contribution in [0.4, 0.5) is 17.1 Å². The first-order valence-corrected chi connectivity index (χ1v) is 7.03. The molecule has 0 aromatic heterocycles. The predicted molar refractivity (Wildman–Crippen MR) is 81.5 cm³/mol. The zero-order chi connectivity index (χ0) is 14.8. The Morgan fingerprint density at radius 2 is 1.90 bits per heavy atom. The van der Waals surface area contributed by atoms with E-state index in [0.29, 0.717) is 31.1 Å². The Labute approximate surface area is 119 Å². The normalized spacial score (nSPS) is 10.3. The van der Waals surface area contributed by atoms with E-state index in [0.717, 1.165) is 19.4 Å². The topological polar surface area (TPSA) is 76.4 Å². The Kier molecular flexibility index (Phi) is 7.42. The molecule has 0 aliphatic rings. The van der Waals surface area contributed by atoms with Crippen LogP contribution in [0.15, 0.2) is 18.2 Å². The smallest absolute Gasteiger partial charge is 0.315 e. The first-order chi connectivity index (χ1) is 9.70. The highest BCUT2D eigenvalue weighted by molar-refractivity contribution is 5.76. The van der Waals surface area contributed by atoms with Gasteiger partial charge in [-0.1, -0.05) is 13.0 Å². The molecule has 2 N–H and O–H groups in total. The molecule has 112 valence electrons. The number of ether oxygens (including phenoxy) is 1. The van der Waals surface area contributed by atoms with E-state index in [1.54, 1.807) is 18.2 Å². The van der Waals surface area contributed by atoms with Crippen LogP contribution < -0.4 is 10.6 Å². The number of nitro benzene ring substituents is 1. The molecule has 0 spiro atoms. The fourth-order valence-corrected chi connectivity index (χ4v) is 1.86. The maximum Gasteiger partial charge on any atom is 0.315 e. The number of nitrogens with zero attached hydrogens (tertiary/aromatic N) is 1. The number of hydrogen-bond acceptors (Lipinski definition) is 5. The summed E-state index contributed by atoms with van der Waals surface area (Å²) in [6, 6.07) is 5.25. The highest BCUT2D eigenvalue weighted by Gasteiger charge is 2.18. The monoisotopic (exact) mass is 281 g/mol. The average molecular weight is 281 g/mol. The van der Waals surface area contributed by atoms with Gasteiger partial charge >= 0.3 is 5.69 Å². The van der Waals surface area contributed by atoms with Crippen molar-refractivity contribution in [2.75, 3.05) is 36.9 Å². The molecule has 0 heterocycles. The van der Waals surface area contributed by atoms with Crippen molar-refractivity contribution in [2.45, 2.75) is 26.7 Å². The molecule has 0 aliphatic heterocycles. The van der Waals surface area contributed by atoms with Crippen LogP contribution in [0.1, 0.15) is 26.7 Å². The van der Waals surface area contributed by atoms with E-state index >= 15 is 0 Å². The Morgan fingerprint density at radius 1 is 1.20 bits per heavy atom. The highest BCUT2D eigenvalue weighted by atomic mass is 16.6. The molecule has 1 rings (SSSR count). The summed E-state index contributed by atoms with van der Waals surface area (Å²) in [5.41, 5.74) is 1.19. The summed E-state index contributed by atoms with van der Waals surface area (Å²) in [6.07, 6.45) is 1.83. The summed E-state index contributed by atoms with van der Waals surface area (Å²) >= 11 is 0. The molecule has 0 amide bonds. The van der Waals surface area contributed by atoms with Gasteiger partial charge in [0, 0.05) is 26.3 Å². The Hall–Kier alpha value is -1.82. The van der Waals surface area contributed by atoms with Gasteiger partial charge in [-0.05, 0) is 31.9 Å². The lowest BCUT2D eigenvalue weighted by molar-refractivity contribution is -0.383. The lowest BCUT2D eigenvalue weighted by atomic mass is 10.2. The molecule has 0 fully saturated rings. The summed E-state index contributed by atoms with van der Waals surface area (Å²) in [5, 5.41) is 17.3. The van der Waals surface area contributed by atoms with E-state index in [2.05, 4.69) is 17.6 Å². The summed E-state index contributed by atoms with van der Waals surface area (Å²) in [4.78, 5) is 10.8. The summed E-state index contributed by atoms with van der Waals surface area (Å²) < 4.78 is 5.37. The van der Waals surface area contributed by atoms with Gasteiger partial charge in [0.1, 0.15) is 11.4 Å². The van der Waals surface area contributed by atoms with Crippen molar-refractivity contribution in [1.82, 2.24) is 0 Å². The minimum atomic E-state index is -0.353. The molecule has 20 heavy (non-hydrogen) atoms. The second-order valence-corrected chi connectivity index (χ2v) is 4.38. The van der Waals surface area contributed by atoms with Gasteiger partial charge in [-0.2, -0.15) is 0 Å². The van der Waals surface area contributed by atoms with Crippen molar-refractivity contribution in [2.24, 2.45) is 0 Å². The van der Waals surface area contributed by atoms with Gasteiger partial charge in [0.25, 0.3) is 0 Å². The van der Waals surface area contributed by atoms with Gasteiger partial charge in [-0.25, -0.2) is 0 Å². The van der Waals surface area contributed by atoms with Crippen LogP contribution in [0.5, 0.6) is 0 Å². The van der Waals surface area contributed by atoms with Crippen LogP contribution in [0.25, 0.3) is 0 Å². The predicted octanol–water partition coefficient (Wildman–Crippen LogP) is 3.26. The van der Waals surface area contributed by atoms with E-state index in [1.165, 1.54) is 0 Å². The molecule has 0 atom stereocenters. The maximum absolute atomic E-state index is 11.2. The van der Waals surface area contributed by atoms with Gasteiger partial charge in [0.15, 0.2) is 0 Å². The van der Waals surface area contributed by atoms with Crippen LogP contribution in [-0.4, -0.2) is 31.2 Å². The zero-order valence-electron chi connectivity index (χ0n) is 12.1. The van der Waals surface area contributed by atoms with Gasteiger partial charge in [-0.3, -0.25) is 10.1 Å². The standard InChI is InChI=1S/C14H23N3O3/c1-3-10-20-11-6-9-16-13-8-5-7-12(15-4-2)14(13)17(18)19/h5,7-8,15-16H,3-4,6,9-11H2,1-2H3. The quantitative estimate of drug-likeness (QED) is 0.391. The highest BCUT2D eigenvalue weighted by Crippen LogP contribution is 2.32. The average Bonchev–Trinajstić information content (AvgIpc) is 2.43.